The number of rotatable bonds is 2. The molecule has 0 saturated carbocycles. The molecule has 1 aromatic carbocycles. The van der Waals surface area contributed by atoms with Crippen molar-refractivity contribution in [3.8, 4) is 6.07 Å². The molecule has 96 valence electrons. The zero-order chi connectivity index (χ0) is 13.3. The third kappa shape index (κ3) is 2.34. The molecule has 0 spiro atoms. The summed E-state index contributed by atoms with van der Waals surface area (Å²) < 4.78 is 0. The number of hydrogen-bond donors (Lipinski definition) is 1. The predicted octanol–water partition coefficient (Wildman–Crippen LogP) is 2.70. The fraction of sp³-hybridized carbons (Fsp3) is 0.533. The Morgan fingerprint density at radius 2 is 1.94 bits per heavy atom. The molecule has 18 heavy (non-hydrogen) atoms. The van der Waals surface area contributed by atoms with E-state index in [4.69, 9.17) is 5.26 Å². The molecule has 3 atom stereocenters. The lowest BCUT2D eigenvalue weighted by Gasteiger charge is -2.23. The zero-order valence-corrected chi connectivity index (χ0v) is 11.2. The molecule has 2 unspecified atom stereocenters. The van der Waals surface area contributed by atoms with Gasteiger partial charge in [0.2, 0.25) is 0 Å². The molecule has 1 aliphatic heterocycles. The molecule has 0 radical (unpaired) electrons. The van der Waals surface area contributed by atoms with E-state index in [2.05, 4.69) is 24.8 Å². The van der Waals surface area contributed by atoms with Gasteiger partial charge in [0.1, 0.15) is 0 Å². The molecule has 0 aliphatic carbocycles. The zero-order valence-electron chi connectivity index (χ0n) is 11.2. The summed E-state index contributed by atoms with van der Waals surface area (Å²) in [5.41, 5.74) is 2.58. The van der Waals surface area contributed by atoms with Crippen LogP contribution in [0.2, 0.25) is 0 Å². The highest BCUT2D eigenvalue weighted by Crippen LogP contribution is 2.33. The van der Waals surface area contributed by atoms with Gasteiger partial charge in [0, 0.05) is 24.3 Å². The quantitative estimate of drug-likeness (QED) is 0.870. The summed E-state index contributed by atoms with van der Waals surface area (Å²) in [5.74, 6) is 1.30. The molecule has 1 fully saturated rings. The van der Waals surface area contributed by atoms with Crippen LogP contribution in [0.5, 0.6) is 0 Å². The van der Waals surface area contributed by atoms with E-state index in [9.17, 15) is 5.11 Å². The van der Waals surface area contributed by atoms with Crippen molar-refractivity contribution in [2.75, 3.05) is 18.0 Å². The number of nitrogens with zero attached hydrogens (tertiary/aromatic N) is 2. The van der Waals surface area contributed by atoms with Gasteiger partial charge in [0.25, 0.3) is 0 Å². The Labute approximate surface area is 109 Å². The molecule has 1 heterocycles. The first-order chi connectivity index (χ1) is 8.52. The number of benzene rings is 1. The molecule has 0 aromatic heterocycles. The normalized spacial score (nSPS) is 24.9. The summed E-state index contributed by atoms with van der Waals surface area (Å²) >= 11 is 0. The van der Waals surface area contributed by atoms with Crippen molar-refractivity contribution in [2.45, 2.75) is 26.9 Å². The Balaban J connectivity index is 2.39. The van der Waals surface area contributed by atoms with Crippen molar-refractivity contribution in [1.29, 1.82) is 5.26 Å². The van der Waals surface area contributed by atoms with E-state index in [1.165, 1.54) is 0 Å². The molecule has 0 bridgehead atoms. The largest absolute Gasteiger partial charge is 0.389 e. The lowest BCUT2D eigenvalue weighted by Crippen LogP contribution is -2.21. The standard InChI is InChI=1S/C15H20N2O/c1-10-8-17(9-11(10)2)15-6-13(7-16)4-5-14(15)12(3)18/h4-6,10-12,18H,8-9H2,1-3H3/t10?,11?,12-/m1/s1. The average Bonchev–Trinajstić information content (AvgIpc) is 2.68. The smallest absolute Gasteiger partial charge is 0.0992 e. The number of hydrogen-bond acceptors (Lipinski definition) is 3. The molecule has 2 rings (SSSR count). The van der Waals surface area contributed by atoms with Crippen LogP contribution < -0.4 is 4.90 Å². The van der Waals surface area contributed by atoms with Crippen molar-refractivity contribution >= 4 is 5.69 Å². The van der Waals surface area contributed by atoms with Crippen molar-refractivity contribution in [2.24, 2.45) is 11.8 Å². The van der Waals surface area contributed by atoms with E-state index in [0.29, 0.717) is 17.4 Å². The minimum atomic E-state index is -0.501. The van der Waals surface area contributed by atoms with Crippen LogP contribution in [0.3, 0.4) is 0 Å². The Kier molecular flexibility index (Phi) is 3.58. The van der Waals surface area contributed by atoms with Crippen LogP contribution in [0.4, 0.5) is 5.69 Å². The van der Waals surface area contributed by atoms with Crippen molar-refractivity contribution in [3.05, 3.63) is 29.3 Å². The van der Waals surface area contributed by atoms with Gasteiger partial charge in [0.15, 0.2) is 0 Å². The van der Waals surface area contributed by atoms with E-state index in [-0.39, 0.29) is 0 Å². The Morgan fingerprint density at radius 3 is 2.44 bits per heavy atom. The lowest BCUT2D eigenvalue weighted by atomic mass is 10.0. The minimum Gasteiger partial charge on any atom is -0.389 e. The fourth-order valence-electron chi connectivity index (χ4n) is 2.57. The van der Waals surface area contributed by atoms with E-state index >= 15 is 0 Å². The van der Waals surface area contributed by atoms with Gasteiger partial charge in [-0.25, -0.2) is 0 Å². The molecule has 1 N–H and O–H groups in total. The molecule has 1 aromatic rings. The summed E-state index contributed by atoms with van der Waals surface area (Å²) in [4.78, 5) is 2.29. The number of anilines is 1. The van der Waals surface area contributed by atoms with Crippen LogP contribution in [0.1, 0.15) is 38.0 Å². The SMILES string of the molecule is CC1CN(c2cc(C#N)ccc2[C@@H](C)O)CC1C. The summed E-state index contributed by atoms with van der Waals surface area (Å²) in [6, 6.07) is 7.71. The first kappa shape index (κ1) is 12.9. The maximum Gasteiger partial charge on any atom is 0.0992 e. The van der Waals surface area contributed by atoms with Gasteiger partial charge in [-0.3, -0.25) is 0 Å². The fourth-order valence-corrected chi connectivity index (χ4v) is 2.57. The number of aliphatic hydroxyl groups excluding tert-OH is 1. The number of aliphatic hydroxyl groups is 1. The summed E-state index contributed by atoms with van der Waals surface area (Å²) in [5, 5.41) is 18.9. The van der Waals surface area contributed by atoms with Gasteiger partial charge >= 0.3 is 0 Å². The van der Waals surface area contributed by atoms with Crippen LogP contribution in [-0.4, -0.2) is 18.2 Å². The van der Waals surface area contributed by atoms with Gasteiger partial charge in [-0.2, -0.15) is 5.26 Å². The molecule has 3 nitrogen and oxygen atoms in total. The van der Waals surface area contributed by atoms with Crippen LogP contribution >= 0.6 is 0 Å². The third-order valence-electron chi connectivity index (χ3n) is 3.94. The highest BCUT2D eigenvalue weighted by atomic mass is 16.3. The second-order valence-electron chi connectivity index (χ2n) is 5.42. The van der Waals surface area contributed by atoms with Crippen LogP contribution in [0.25, 0.3) is 0 Å². The van der Waals surface area contributed by atoms with E-state index in [0.717, 1.165) is 24.3 Å². The second kappa shape index (κ2) is 4.99. The van der Waals surface area contributed by atoms with Gasteiger partial charge < -0.3 is 10.0 Å². The minimum absolute atomic E-state index is 0.501. The molecule has 3 heteroatoms. The molecular formula is C15H20N2O. The molecule has 1 aliphatic rings. The molecule has 1 saturated heterocycles. The van der Waals surface area contributed by atoms with Gasteiger partial charge in [-0.05, 0) is 30.9 Å². The monoisotopic (exact) mass is 244 g/mol. The first-order valence-corrected chi connectivity index (χ1v) is 6.50. The van der Waals surface area contributed by atoms with Gasteiger partial charge in [0.05, 0.1) is 17.7 Å². The van der Waals surface area contributed by atoms with E-state index in [1.807, 2.05) is 12.1 Å². The van der Waals surface area contributed by atoms with Crippen LogP contribution in [0, 0.1) is 23.2 Å². The molecule has 0 amide bonds. The lowest BCUT2D eigenvalue weighted by molar-refractivity contribution is 0.199. The van der Waals surface area contributed by atoms with Gasteiger partial charge in [-0.15, -0.1) is 0 Å². The number of nitriles is 1. The highest BCUT2D eigenvalue weighted by Gasteiger charge is 2.28. The van der Waals surface area contributed by atoms with Crippen LogP contribution in [-0.2, 0) is 0 Å². The maximum atomic E-state index is 9.85. The third-order valence-corrected chi connectivity index (χ3v) is 3.94. The second-order valence-corrected chi connectivity index (χ2v) is 5.42. The summed E-state index contributed by atoms with van der Waals surface area (Å²) in [7, 11) is 0. The Hall–Kier alpha value is -1.53. The summed E-state index contributed by atoms with van der Waals surface area (Å²) in [6.45, 7) is 8.26. The van der Waals surface area contributed by atoms with Gasteiger partial charge in [-0.1, -0.05) is 19.9 Å². The Bertz CT molecular complexity index is 466. The molecular weight excluding hydrogens is 224 g/mol. The topological polar surface area (TPSA) is 47.3 Å². The Morgan fingerprint density at radius 1 is 1.33 bits per heavy atom. The maximum absolute atomic E-state index is 9.85. The summed E-state index contributed by atoms with van der Waals surface area (Å²) in [6.07, 6.45) is -0.501. The van der Waals surface area contributed by atoms with E-state index in [1.54, 1.807) is 13.0 Å². The van der Waals surface area contributed by atoms with E-state index < -0.39 is 6.10 Å². The van der Waals surface area contributed by atoms with Crippen molar-refractivity contribution < 1.29 is 5.11 Å². The van der Waals surface area contributed by atoms with Crippen molar-refractivity contribution in [3.63, 3.8) is 0 Å². The highest BCUT2D eigenvalue weighted by molar-refractivity contribution is 5.59. The first-order valence-electron chi connectivity index (χ1n) is 6.50. The van der Waals surface area contributed by atoms with Crippen LogP contribution in [0.15, 0.2) is 18.2 Å². The average molecular weight is 244 g/mol. The van der Waals surface area contributed by atoms with Crippen molar-refractivity contribution in [1.82, 2.24) is 0 Å². The predicted molar refractivity (Wildman–Crippen MR) is 72.3 cm³/mol.